The van der Waals surface area contributed by atoms with Gasteiger partial charge in [-0.15, -0.1) is 11.3 Å². The number of nitrogens with one attached hydrogen (secondary N) is 1. The first-order valence-corrected chi connectivity index (χ1v) is 9.92. The van der Waals surface area contributed by atoms with Gasteiger partial charge in [0.1, 0.15) is 11.5 Å². The molecule has 0 aliphatic rings. The van der Waals surface area contributed by atoms with Gasteiger partial charge in [-0.05, 0) is 37.1 Å². The van der Waals surface area contributed by atoms with Crippen LogP contribution in [0.2, 0.25) is 0 Å². The molecule has 0 saturated heterocycles. The summed E-state index contributed by atoms with van der Waals surface area (Å²) < 4.78 is 16.5. The maximum absolute atomic E-state index is 12.1. The summed E-state index contributed by atoms with van der Waals surface area (Å²) >= 11 is 1.63. The highest BCUT2D eigenvalue weighted by Gasteiger charge is 2.12. The van der Waals surface area contributed by atoms with E-state index in [1.165, 1.54) is 14.2 Å². The number of anilines is 1. The number of aryl methyl sites for hydroxylation is 1. The number of amides is 1. The van der Waals surface area contributed by atoms with Crippen molar-refractivity contribution < 1.29 is 23.8 Å². The number of fused-ring (bicyclic) bond motifs is 1. The Balaban J connectivity index is 1.42. The van der Waals surface area contributed by atoms with Crippen LogP contribution < -0.4 is 14.8 Å². The third-order valence-electron chi connectivity index (χ3n) is 4.15. The van der Waals surface area contributed by atoms with Gasteiger partial charge in [0, 0.05) is 12.5 Å². The molecule has 0 unspecified atom stereocenters. The third kappa shape index (κ3) is 5.68. The zero-order valence-corrected chi connectivity index (χ0v) is 17.1. The number of nitrogens with zero attached hydrogens (tertiary/aromatic N) is 1. The van der Waals surface area contributed by atoms with Gasteiger partial charge >= 0.3 is 5.97 Å². The number of carbonyl (C=O) groups is 2. The molecule has 1 amide bonds. The van der Waals surface area contributed by atoms with Crippen LogP contribution in [0.3, 0.4) is 0 Å². The standard InChI is InChI=1S/C21H22N2O5S/c1-26-14-10-11-17(27-2)16(12-14)22-19(24)13-28-21(25)9-5-8-20-23-15-6-3-4-7-18(15)29-20/h3-4,6-7,10-12H,5,8-9,13H2,1-2H3,(H,22,24). The van der Waals surface area contributed by atoms with E-state index >= 15 is 0 Å². The number of ether oxygens (including phenoxy) is 3. The van der Waals surface area contributed by atoms with Crippen LogP contribution in [0.25, 0.3) is 10.2 Å². The average molecular weight is 414 g/mol. The molecule has 0 aliphatic carbocycles. The fourth-order valence-corrected chi connectivity index (χ4v) is 3.74. The van der Waals surface area contributed by atoms with Gasteiger partial charge in [0.15, 0.2) is 6.61 Å². The number of hydrogen-bond acceptors (Lipinski definition) is 7. The van der Waals surface area contributed by atoms with Crippen LogP contribution in [0, 0.1) is 0 Å². The zero-order chi connectivity index (χ0) is 20.6. The molecule has 0 fully saturated rings. The predicted octanol–water partition coefficient (Wildman–Crippen LogP) is 3.82. The minimum Gasteiger partial charge on any atom is -0.497 e. The lowest BCUT2D eigenvalue weighted by molar-refractivity contribution is -0.147. The molecular formula is C21H22N2O5S. The number of aromatic nitrogens is 1. The lowest BCUT2D eigenvalue weighted by Gasteiger charge is -2.12. The van der Waals surface area contributed by atoms with Gasteiger partial charge in [-0.3, -0.25) is 9.59 Å². The predicted molar refractivity (Wildman–Crippen MR) is 112 cm³/mol. The van der Waals surface area contributed by atoms with Crippen molar-refractivity contribution >= 4 is 39.1 Å². The second-order valence-corrected chi connectivity index (χ2v) is 7.32. The number of carbonyl (C=O) groups excluding carboxylic acids is 2. The lowest BCUT2D eigenvalue weighted by Crippen LogP contribution is -2.21. The largest absolute Gasteiger partial charge is 0.497 e. The number of benzene rings is 2. The molecule has 152 valence electrons. The van der Waals surface area contributed by atoms with Gasteiger partial charge in [0.25, 0.3) is 5.91 Å². The Morgan fingerprint density at radius 1 is 1.10 bits per heavy atom. The first-order chi connectivity index (χ1) is 14.1. The molecule has 0 radical (unpaired) electrons. The van der Waals surface area contributed by atoms with Crippen molar-refractivity contribution in [1.82, 2.24) is 4.98 Å². The van der Waals surface area contributed by atoms with Crippen LogP contribution in [0.4, 0.5) is 5.69 Å². The van der Waals surface area contributed by atoms with E-state index < -0.39 is 11.9 Å². The summed E-state index contributed by atoms with van der Waals surface area (Å²) in [6, 6.07) is 13.0. The summed E-state index contributed by atoms with van der Waals surface area (Å²) in [4.78, 5) is 28.5. The molecule has 1 heterocycles. The molecule has 0 atom stereocenters. The van der Waals surface area contributed by atoms with E-state index in [-0.39, 0.29) is 13.0 Å². The molecule has 3 aromatic rings. The zero-order valence-electron chi connectivity index (χ0n) is 16.3. The van der Waals surface area contributed by atoms with Crippen LogP contribution in [-0.2, 0) is 20.7 Å². The summed E-state index contributed by atoms with van der Waals surface area (Å²) in [5.74, 6) is 0.198. The number of esters is 1. The molecule has 0 saturated carbocycles. The maximum atomic E-state index is 12.1. The van der Waals surface area contributed by atoms with Gasteiger partial charge in [-0.1, -0.05) is 12.1 Å². The highest BCUT2D eigenvalue weighted by molar-refractivity contribution is 7.18. The van der Waals surface area contributed by atoms with E-state index in [1.54, 1.807) is 29.5 Å². The van der Waals surface area contributed by atoms with Crippen molar-refractivity contribution in [3.8, 4) is 11.5 Å². The Morgan fingerprint density at radius 2 is 1.93 bits per heavy atom. The van der Waals surface area contributed by atoms with Crippen molar-refractivity contribution in [3.05, 3.63) is 47.5 Å². The molecule has 0 spiro atoms. The molecule has 0 bridgehead atoms. The molecule has 7 nitrogen and oxygen atoms in total. The Morgan fingerprint density at radius 3 is 2.69 bits per heavy atom. The van der Waals surface area contributed by atoms with Gasteiger partial charge in [0.05, 0.1) is 35.1 Å². The fraction of sp³-hybridized carbons (Fsp3) is 0.286. The molecule has 1 N–H and O–H groups in total. The molecular weight excluding hydrogens is 392 g/mol. The first-order valence-electron chi connectivity index (χ1n) is 9.11. The normalized spacial score (nSPS) is 10.6. The van der Waals surface area contributed by atoms with Crippen molar-refractivity contribution in [2.45, 2.75) is 19.3 Å². The topological polar surface area (TPSA) is 86.8 Å². The number of para-hydroxylation sites is 1. The van der Waals surface area contributed by atoms with E-state index in [0.717, 1.165) is 15.2 Å². The molecule has 8 heteroatoms. The molecule has 29 heavy (non-hydrogen) atoms. The second-order valence-electron chi connectivity index (χ2n) is 6.20. The van der Waals surface area contributed by atoms with Crippen LogP contribution >= 0.6 is 11.3 Å². The molecule has 3 rings (SSSR count). The Bertz CT molecular complexity index is 969. The summed E-state index contributed by atoms with van der Waals surface area (Å²) in [5.41, 5.74) is 1.42. The van der Waals surface area contributed by atoms with Crippen LogP contribution in [0.15, 0.2) is 42.5 Å². The van der Waals surface area contributed by atoms with Crippen molar-refractivity contribution in [1.29, 1.82) is 0 Å². The minimum atomic E-state index is -0.448. The van der Waals surface area contributed by atoms with E-state index in [1.807, 2.05) is 24.3 Å². The van der Waals surface area contributed by atoms with Gasteiger partial charge in [-0.2, -0.15) is 0 Å². The van der Waals surface area contributed by atoms with E-state index in [0.29, 0.717) is 30.0 Å². The summed E-state index contributed by atoms with van der Waals surface area (Å²) in [7, 11) is 3.03. The van der Waals surface area contributed by atoms with E-state index in [2.05, 4.69) is 10.3 Å². The van der Waals surface area contributed by atoms with Crippen molar-refractivity contribution in [3.63, 3.8) is 0 Å². The van der Waals surface area contributed by atoms with E-state index in [4.69, 9.17) is 14.2 Å². The number of rotatable bonds is 9. The smallest absolute Gasteiger partial charge is 0.306 e. The highest BCUT2D eigenvalue weighted by Crippen LogP contribution is 2.28. The van der Waals surface area contributed by atoms with Crippen molar-refractivity contribution in [2.24, 2.45) is 0 Å². The number of thiazole rings is 1. The van der Waals surface area contributed by atoms with Crippen LogP contribution in [-0.4, -0.2) is 37.7 Å². The van der Waals surface area contributed by atoms with Gasteiger partial charge in [-0.25, -0.2) is 4.98 Å². The quantitative estimate of drug-likeness (QED) is 0.536. The third-order valence-corrected chi connectivity index (χ3v) is 5.25. The minimum absolute atomic E-state index is 0.228. The average Bonchev–Trinajstić information content (AvgIpc) is 3.15. The highest BCUT2D eigenvalue weighted by atomic mass is 32.1. The lowest BCUT2D eigenvalue weighted by atomic mass is 10.2. The summed E-state index contributed by atoms with van der Waals surface area (Å²) in [6.45, 7) is -0.361. The van der Waals surface area contributed by atoms with Crippen LogP contribution in [0.1, 0.15) is 17.8 Å². The molecule has 0 aliphatic heterocycles. The van der Waals surface area contributed by atoms with Crippen molar-refractivity contribution in [2.75, 3.05) is 26.1 Å². The summed E-state index contributed by atoms with van der Waals surface area (Å²) in [5, 5.41) is 3.65. The number of hydrogen-bond donors (Lipinski definition) is 1. The SMILES string of the molecule is COc1ccc(OC)c(NC(=O)COC(=O)CCCc2nc3ccccc3s2)c1. The van der Waals surface area contributed by atoms with Gasteiger partial charge in [0.2, 0.25) is 0 Å². The second kappa shape index (κ2) is 9.88. The molecule has 2 aromatic carbocycles. The molecule has 1 aromatic heterocycles. The van der Waals surface area contributed by atoms with Crippen LogP contribution in [0.5, 0.6) is 11.5 Å². The Kier molecular flexibility index (Phi) is 7.02. The Labute approximate surface area is 172 Å². The fourth-order valence-electron chi connectivity index (χ4n) is 2.73. The van der Waals surface area contributed by atoms with E-state index in [9.17, 15) is 9.59 Å². The van der Waals surface area contributed by atoms with Gasteiger partial charge < -0.3 is 19.5 Å². The summed E-state index contributed by atoms with van der Waals surface area (Å²) in [6.07, 6.45) is 1.54. The Hall–Kier alpha value is -3.13. The monoisotopic (exact) mass is 414 g/mol. The first kappa shape index (κ1) is 20.6. The number of methoxy groups -OCH3 is 2. The maximum Gasteiger partial charge on any atom is 0.306 e.